The van der Waals surface area contributed by atoms with E-state index in [4.69, 9.17) is 10.5 Å². The summed E-state index contributed by atoms with van der Waals surface area (Å²) >= 11 is 0. The summed E-state index contributed by atoms with van der Waals surface area (Å²) in [5.74, 6) is -1.89. The summed E-state index contributed by atoms with van der Waals surface area (Å²) in [4.78, 5) is 54.5. The molecule has 0 fully saturated rings. The number of hydrogen-bond acceptors (Lipinski definition) is 5. The predicted octanol–water partition coefficient (Wildman–Crippen LogP) is 5.22. The van der Waals surface area contributed by atoms with Crippen LogP contribution in [0.25, 0.3) is 10.8 Å². The van der Waals surface area contributed by atoms with E-state index in [1.807, 2.05) is 55.5 Å². The lowest BCUT2D eigenvalue weighted by Gasteiger charge is -2.43. The quantitative estimate of drug-likeness (QED) is 0.348. The molecule has 3 aromatic carbocycles. The molecule has 0 aromatic heterocycles. The number of aryl methyl sites for hydroxylation is 1. The fourth-order valence-electron chi connectivity index (χ4n) is 4.63. The van der Waals surface area contributed by atoms with Crippen LogP contribution in [0, 0.1) is 6.92 Å². The van der Waals surface area contributed by atoms with Crippen LogP contribution in [0.1, 0.15) is 65.1 Å². The van der Waals surface area contributed by atoms with Crippen molar-refractivity contribution in [2.24, 2.45) is 5.73 Å². The minimum absolute atomic E-state index is 0.451. The number of nitrogens with two attached hydrogens (primary N) is 1. The molecule has 4 N–H and O–H groups in total. The molecule has 0 aliphatic carbocycles. The summed E-state index contributed by atoms with van der Waals surface area (Å²) in [7, 11) is 0. The Bertz CT molecular complexity index is 1440. The van der Waals surface area contributed by atoms with E-state index in [1.54, 1.807) is 59.7 Å². The molecule has 0 saturated heterocycles. The van der Waals surface area contributed by atoms with Crippen molar-refractivity contribution in [3.63, 3.8) is 0 Å². The van der Waals surface area contributed by atoms with Gasteiger partial charge in [-0.1, -0.05) is 54.6 Å². The summed E-state index contributed by atoms with van der Waals surface area (Å²) < 4.78 is 5.34. The van der Waals surface area contributed by atoms with Crippen LogP contribution in [0.5, 0.6) is 0 Å². The number of carbonyl (C=O) groups excluding carboxylic acids is 4. The number of ether oxygens (including phenoxy) is 1. The molecule has 0 bridgehead atoms. The number of anilines is 1. The SMILES string of the molecule is Cc1ccccc1C(C(=O)Nc1ccc2ccccc2c1)N(C(=O)C(CC(N)=O)NC(=O)OC(C)(C)C)C(C)(C)C. The van der Waals surface area contributed by atoms with Gasteiger partial charge in [-0.3, -0.25) is 14.4 Å². The highest BCUT2D eigenvalue weighted by molar-refractivity contribution is 6.01. The van der Waals surface area contributed by atoms with Gasteiger partial charge in [0.25, 0.3) is 5.91 Å². The molecule has 0 aliphatic rings. The first-order chi connectivity index (χ1) is 19.1. The van der Waals surface area contributed by atoms with E-state index in [0.29, 0.717) is 11.3 Å². The van der Waals surface area contributed by atoms with Crippen molar-refractivity contribution in [1.82, 2.24) is 10.2 Å². The maximum Gasteiger partial charge on any atom is 0.408 e. The van der Waals surface area contributed by atoms with Crippen molar-refractivity contribution in [3.8, 4) is 0 Å². The number of hydrogen-bond donors (Lipinski definition) is 3. The zero-order chi connectivity index (χ0) is 30.5. The van der Waals surface area contributed by atoms with Crippen molar-refractivity contribution in [2.75, 3.05) is 5.32 Å². The number of amides is 4. The van der Waals surface area contributed by atoms with Gasteiger partial charge in [-0.25, -0.2) is 4.79 Å². The Balaban J connectivity index is 2.08. The molecule has 4 amide bonds. The Morgan fingerprint density at radius 1 is 0.878 bits per heavy atom. The highest BCUT2D eigenvalue weighted by Gasteiger charge is 2.42. The number of benzene rings is 3. The molecule has 0 aliphatic heterocycles. The molecular formula is C32H40N4O5. The van der Waals surface area contributed by atoms with E-state index in [9.17, 15) is 19.2 Å². The van der Waals surface area contributed by atoms with Crippen LogP contribution in [0.3, 0.4) is 0 Å². The molecule has 218 valence electrons. The van der Waals surface area contributed by atoms with Crippen LogP contribution in [0.15, 0.2) is 66.7 Å². The third-order valence-electron chi connectivity index (χ3n) is 6.36. The number of nitrogens with zero attached hydrogens (tertiary/aromatic N) is 1. The maximum absolute atomic E-state index is 14.3. The van der Waals surface area contributed by atoms with Gasteiger partial charge in [0.1, 0.15) is 17.7 Å². The van der Waals surface area contributed by atoms with Gasteiger partial charge in [-0.15, -0.1) is 0 Å². The Hall–Kier alpha value is -4.40. The third kappa shape index (κ3) is 8.30. The molecule has 9 nitrogen and oxygen atoms in total. The third-order valence-corrected chi connectivity index (χ3v) is 6.36. The monoisotopic (exact) mass is 560 g/mol. The smallest absolute Gasteiger partial charge is 0.408 e. The summed E-state index contributed by atoms with van der Waals surface area (Å²) in [5, 5.41) is 7.46. The molecule has 3 aromatic rings. The summed E-state index contributed by atoms with van der Waals surface area (Å²) in [5.41, 5.74) is 5.68. The average Bonchev–Trinajstić information content (AvgIpc) is 2.84. The molecule has 0 saturated carbocycles. The van der Waals surface area contributed by atoms with Gasteiger partial charge in [0.05, 0.1) is 6.42 Å². The molecule has 0 radical (unpaired) electrons. The first kappa shape index (κ1) is 31.1. The summed E-state index contributed by atoms with van der Waals surface area (Å²) in [6, 6.07) is 18.2. The van der Waals surface area contributed by atoms with E-state index in [2.05, 4.69) is 10.6 Å². The Kier molecular flexibility index (Phi) is 9.42. The lowest BCUT2D eigenvalue weighted by Crippen LogP contribution is -2.58. The Morgan fingerprint density at radius 2 is 1.49 bits per heavy atom. The van der Waals surface area contributed by atoms with E-state index in [1.165, 1.54) is 4.90 Å². The van der Waals surface area contributed by atoms with Crippen LogP contribution in [0.4, 0.5) is 10.5 Å². The molecule has 9 heteroatoms. The molecule has 2 atom stereocenters. The van der Waals surface area contributed by atoms with Crippen LogP contribution in [0.2, 0.25) is 0 Å². The van der Waals surface area contributed by atoms with E-state index in [0.717, 1.165) is 16.3 Å². The van der Waals surface area contributed by atoms with Gasteiger partial charge in [0, 0.05) is 11.2 Å². The van der Waals surface area contributed by atoms with Gasteiger partial charge in [0.2, 0.25) is 11.8 Å². The lowest BCUT2D eigenvalue weighted by atomic mass is 9.92. The molecule has 3 rings (SSSR count). The van der Waals surface area contributed by atoms with Crippen LogP contribution in [-0.2, 0) is 19.1 Å². The first-order valence-electron chi connectivity index (χ1n) is 13.5. The minimum atomic E-state index is -1.36. The normalized spacial score (nSPS) is 13.1. The van der Waals surface area contributed by atoms with Crippen molar-refractivity contribution < 1.29 is 23.9 Å². The molecule has 41 heavy (non-hydrogen) atoms. The van der Waals surface area contributed by atoms with Crippen molar-refractivity contribution >= 4 is 40.3 Å². The van der Waals surface area contributed by atoms with Gasteiger partial charge in [-0.05, 0) is 82.5 Å². The standard InChI is InChI=1S/C32H40N4O5/c1-20-12-8-11-15-24(20)27(28(38)34-23-17-16-21-13-9-10-14-22(21)18-23)36(31(2,3)4)29(39)25(19-26(33)37)35-30(40)41-32(5,6)7/h8-18,25,27H,19H2,1-7H3,(H2,33,37)(H,34,38)(H,35,40). The number of fused-ring (bicyclic) bond motifs is 1. The van der Waals surface area contributed by atoms with Gasteiger partial charge in [-0.2, -0.15) is 0 Å². The minimum Gasteiger partial charge on any atom is -0.444 e. The van der Waals surface area contributed by atoms with E-state index in [-0.39, 0.29) is 0 Å². The second-order valence-corrected chi connectivity index (χ2v) is 12.1. The van der Waals surface area contributed by atoms with Crippen LogP contribution >= 0.6 is 0 Å². The highest BCUT2D eigenvalue weighted by atomic mass is 16.6. The second kappa shape index (κ2) is 12.4. The molecular weight excluding hydrogens is 520 g/mol. The number of carbonyl (C=O) groups is 4. The topological polar surface area (TPSA) is 131 Å². The average molecular weight is 561 g/mol. The zero-order valence-electron chi connectivity index (χ0n) is 24.8. The first-order valence-corrected chi connectivity index (χ1v) is 13.5. The lowest BCUT2D eigenvalue weighted by molar-refractivity contribution is -0.147. The fourth-order valence-corrected chi connectivity index (χ4v) is 4.63. The number of rotatable bonds is 8. The summed E-state index contributed by atoms with van der Waals surface area (Å²) in [6.07, 6.45) is -1.35. The van der Waals surface area contributed by atoms with E-state index >= 15 is 0 Å². The Morgan fingerprint density at radius 3 is 2.07 bits per heavy atom. The second-order valence-electron chi connectivity index (χ2n) is 12.1. The largest absolute Gasteiger partial charge is 0.444 e. The van der Waals surface area contributed by atoms with Crippen molar-refractivity contribution in [3.05, 3.63) is 77.9 Å². The zero-order valence-corrected chi connectivity index (χ0v) is 24.8. The van der Waals surface area contributed by atoms with Crippen molar-refractivity contribution in [1.29, 1.82) is 0 Å². The maximum atomic E-state index is 14.3. The predicted molar refractivity (Wildman–Crippen MR) is 160 cm³/mol. The van der Waals surface area contributed by atoms with Gasteiger partial charge in [0.15, 0.2) is 0 Å². The van der Waals surface area contributed by atoms with Crippen molar-refractivity contribution in [2.45, 2.75) is 78.1 Å². The highest BCUT2D eigenvalue weighted by Crippen LogP contribution is 2.33. The van der Waals surface area contributed by atoms with Crippen LogP contribution < -0.4 is 16.4 Å². The fraction of sp³-hybridized carbons (Fsp3) is 0.375. The number of primary amides is 1. The summed E-state index contributed by atoms with van der Waals surface area (Å²) in [6.45, 7) is 12.3. The van der Waals surface area contributed by atoms with Gasteiger partial charge >= 0.3 is 6.09 Å². The Labute approximate surface area is 241 Å². The molecule has 0 heterocycles. The number of alkyl carbamates (subject to hydrolysis) is 1. The molecule has 0 spiro atoms. The van der Waals surface area contributed by atoms with E-state index < -0.39 is 53.5 Å². The number of nitrogens with one attached hydrogen (secondary N) is 2. The van der Waals surface area contributed by atoms with Crippen LogP contribution in [-0.4, -0.2) is 45.9 Å². The molecule has 2 unspecified atom stereocenters. The van der Waals surface area contributed by atoms with Gasteiger partial charge < -0.3 is 26.0 Å².